The average molecular weight is 613 g/mol. The van der Waals surface area contributed by atoms with Gasteiger partial charge in [-0.3, -0.25) is 14.5 Å². The van der Waals surface area contributed by atoms with Crippen LogP contribution in [0, 0.1) is 12.3 Å². The van der Waals surface area contributed by atoms with E-state index in [0.29, 0.717) is 63.1 Å². The Balaban J connectivity index is 1.24. The van der Waals surface area contributed by atoms with Gasteiger partial charge in [-0.25, -0.2) is 9.71 Å². The molecule has 0 spiro atoms. The van der Waals surface area contributed by atoms with Crippen molar-refractivity contribution in [3.05, 3.63) is 47.5 Å². The van der Waals surface area contributed by atoms with Gasteiger partial charge < -0.3 is 14.4 Å². The first-order chi connectivity index (χ1) is 20.4. The van der Waals surface area contributed by atoms with Gasteiger partial charge in [-0.1, -0.05) is 37.5 Å². The predicted molar refractivity (Wildman–Crippen MR) is 164 cm³/mol. The Kier molecular flexibility index (Phi) is 9.04. The van der Waals surface area contributed by atoms with Gasteiger partial charge in [0.15, 0.2) is 10.6 Å². The van der Waals surface area contributed by atoms with E-state index in [4.69, 9.17) is 9.47 Å². The molecule has 0 unspecified atom stereocenters. The second-order valence-electron chi connectivity index (χ2n) is 12.9. The van der Waals surface area contributed by atoms with Gasteiger partial charge in [0.25, 0.3) is 15.9 Å². The fourth-order valence-corrected chi connectivity index (χ4v) is 7.22. The molecule has 1 N–H and O–H groups in total. The van der Waals surface area contributed by atoms with Crippen molar-refractivity contribution in [3.63, 3.8) is 0 Å². The van der Waals surface area contributed by atoms with Crippen molar-refractivity contribution in [1.82, 2.24) is 14.6 Å². The van der Waals surface area contributed by atoms with Gasteiger partial charge in [0.05, 0.1) is 12.5 Å². The van der Waals surface area contributed by atoms with Crippen LogP contribution < -0.4 is 14.4 Å². The number of ether oxygens (including phenoxy) is 2. The summed E-state index contributed by atoms with van der Waals surface area (Å²) in [5.74, 6) is 0.693. The van der Waals surface area contributed by atoms with Gasteiger partial charge >= 0.3 is 5.97 Å². The van der Waals surface area contributed by atoms with E-state index in [0.717, 1.165) is 24.0 Å². The van der Waals surface area contributed by atoms with Gasteiger partial charge in [-0.15, -0.1) is 0 Å². The van der Waals surface area contributed by atoms with Crippen molar-refractivity contribution >= 4 is 27.7 Å². The lowest BCUT2D eigenvalue weighted by molar-refractivity contribution is -0.151. The van der Waals surface area contributed by atoms with Crippen molar-refractivity contribution in [3.8, 4) is 5.75 Å². The molecular weight excluding hydrogens is 568 g/mol. The summed E-state index contributed by atoms with van der Waals surface area (Å²) in [5.41, 5.74) is 0.319. The van der Waals surface area contributed by atoms with Crippen molar-refractivity contribution in [1.29, 1.82) is 0 Å². The molecule has 5 rings (SSSR count). The summed E-state index contributed by atoms with van der Waals surface area (Å²) >= 11 is 0. The Morgan fingerprint density at radius 1 is 1.05 bits per heavy atom. The summed E-state index contributed by atoms with van der Waals surface area (Å²) in [6.45, 7) is 8.91. The largest absolute Gasteiger partial charge is 0.477 e. The SMILES string of the molecule is COC(=O)C(C)(C)CN1CCN(c2cccc(S(=O)(=O)NC(=O)C3(Oc4cc(C)ccc4C4CCCCC4)CC3)n2)CC1. The number of hydrogen-bond donors (Lipinski definition) is 1. The number of aryl methyl sites for hydroxylation is 1. The molecule has 0 bridgehead atoms. The molecule has 1 aromatic carbocycles. The molecule has 3 aliphatic rings. The molecule has 2 heterocycles. The number of sulfonamides is 1. The monoisotopic (exact) mass is 612 g/mol. The molecule has 234 valence electrons. The average Bonchev–Trinajstić information content (AvgIpc) is 3.78. The Morgan fingerprint density at radius 3 is 2.40 bits per heavy atom. The van der Waals surface area contributed by atoms with E-state index in [9.17, 15) is 18.0 Å². The molecule has 2 aromatic rings. The number of hydrogen-bond acceptors (Lipinski definition) is 9. The highest BCUT2D eigenvalue weighted by Gasteiger charge is 2.54. The number of nitrogens with one attached hydrogen (secondary N) is 1. The number of anilines is 1. The first-order valence-corrected chi connectivity index (χ1v) is 16.8. The van der Waals surface area contributed by atoms with E-state index >= 15 is 0 Å². The Labute approximate surface area is 255 Å². The zero-order valence-corrected chi connectivity index (χ0v) is 26.5. The fourth-order valence-electron chi connectivity index (χ4n) is 6.21. The summed E-state index contributed by atoms with van der Waals surface area (Å²) in [4.78, 5) is 34.1. The summed E-state index contributed by atoms with van der Waals surface area (Å²) in [6, 6.07) is 10.9. The number of rotatable bonds is 10. The number of piperazine rings is 1. The van der Waals surface area contributed by atoms with Crippen LogP contribution in [0.25, 0.3) is 0 Å². The molecule has 3 fully saturated rings. The van der Waals surface area contributed by atoms with Crippen molar-refractivity contribution in [2.75, 3.05) is 44.7 Å². The van der Waals surface area contributed by atoms with Crippen LogP contribution in [-0.2, 0) is 24.3 Å². The van der Waals surface area contributed by atoms with Crippen LogP contribution in [0.3, 0.4) is 0 Å². The Morgan fingerprint density at radius 2 is 1.74 bits per heavy atom. The number of carbonyl (C=O) groups is 2. The summed E-state index contributed by atoms with van der Waals surface area (Å²) in [7, 11) is -2.83. The molecule has 1 saturated heterocycles. The summed E-state index contributed by atoms with van der Waals surface area (Å²) in [6.07, 6.45) is 6.69. The van der Waals surface area contributed by atoms with Crippen LogP contribution in [0.5, 0.6) is 5.75 Å². The molecule has 11 heteroatoms. The molecule has 2 aliphatic carbocycles. The van der Waals surface area contributed by atoms with Crippen molar-refractivity contribution in [2.24, 2.45) is 5.41 Å². The van der Waals surface area contributed by atoms with E-state index in [1.165, 1.54) is 32.4 Å². The van der Waals surface area contributed by atoms with Crippen LogP contribution in [0.4, 0.5) is 5.82 Å². The van der Waals surface area contributed by atoms with Gasteiger partial charge in [0.1, 0.15) is 11.6 Å². The number of pyridine rings is 1. The number of aromatic nitrogens is 1. The van der Waals surface area contributed by atoms with E-state index in [2.05, 4.69) is 26.7 Å². The van der Waals surface area contributed by atoms with Crippen LogP contribution in [0.1, 0.15) is 75.8 Å². The first kappa shape index (κ1) is 31.3. The van der Waals surface area contributed by atoms with Gasteiger partial charge in [-0.05, 0) is 68.9 Å². The van der Waals surface area contributed by atoms with E-state index in [-0.39, 0.29) is 11.0 Å². The summed E-state index contributed by atoms with van der Waals surface area (Å²) in [5, 5.41) is -0.207. The minimum atomic E-state index is -4.22. The van der Waals surface area contributed by atoms with Crippen molar-refractivity contribution < 1.29 is 27.5 Å². The predicted octanol–water partition coefficient (Wildman–Crippen LogP) is 4.18. The maximum atomic E-state index is 13.4. The van der Waals surface area contributed by atoms with Crippen LogP contribution in [-0.4, -0.2) is 75.6 Å². The lowest BCUT2D eigenvalue weighted by Gasteiger charge is -2.38. The molecule has 0 atom stereocenters. The molecule has 1 aromatic heterocycles. The number of methoxy groups -OCH3 is 1. The standard InChI is InChI=1S/C32H44N4O6S/c1-23-13-14-25(24-9-6-5-7-10-24)26(21-23)42-32(15-16-32)29(37)34-43(39,40)28-12-8-11-27(33-28)36-19-17-35(18-20-36)22-31(2,3)30(38)41-4/h8,11-14,21,24H,5-7,9-10,15-20,22H2,1-4H3,(H,34,37). The van der Waals surface area contributed by atoms with Crippen LogP contribution in [0.15, 0.2) is 41.4 Å². The maximum absolute atomic E-state index is 13.4. The van der Waals surface area contributed by atoms with Gasteiger partial charge in [-0.2, -0.15) is 8.42 Å². The molecular formula is C32H44N4O6S. The highest BCUT2D eigenvalue weighted by molar-refractivity contribution is 7.90. The molecule has 1 amide bonds. The molecule has 10 nitrogen and oxygen atoms in total. The smallest absolute Gasteiger partial charge is 0.312 e. The maximum Gasteiger partial charge on any atom is 0.312 e. The Hall–Kier alpha value is -3.18. The van der Waals surface area contributed by atoms with E-state index in [1.54, 1.807) is 12.1 Å². The fraction of sp³-hybridized carbons (Fsp3) is 0.594. The number of amides is 1. The second-order valence-corrected chi connectivity index (χ2v) is 14.5. The third-order valence-corrected chi connectivity index (χ3v) is 10.1. The summed E-state index contributed by atoms with van der Waals surface area (Å²) < 4.78 is 40.3. The third-order valence-electron chi connectivity index (χ3n) is 8.90. The number of carbonyl (C=O) groups excluding carboxylic acids is 2. The minimum absolute atomic E-state index is 0.207. The zero-order chi connectivity index (χ0) is 30.8. The van der Waals surface area contributed by atoms with E-state index in [1.807, 2.05) is 31.7 Å². The van der Waals surface area contributed by atoms with E-state index < -0.39 is 26.9 Å². The lowest BCUT2D eigenvalue weighted by Crippen LogP contribution is -2.50. The van der Waals surface area contributed by atoms with Crippen LogP contribution >= 0.6 is 0 Å². The van der Waals surface area contributed by atoms with Gasteiger partial charge in [0, 0.05) is 45.6 Å². The van der Waals surface area contributed by atoms with Crippen molar-refractivity contribution in [2.45, 2.75) is 82.3 Å². The number of nitrogens with zero attached hydrogens (tertiary/aromatic N) is 3. The second kappa shape index (κ2) is 12.4. The normalized spacial score (nSPS) is 19.5. The zero-order valence-electron chi connectivity index (χ0n) is 25.7. The number of esters is 1. The third kappa shape index (κ3) is 7.15. The van der Waals surface area contributed by atoms with Crippen LogP contribution in [0.2, 0.25) is 0 Å². The topological polar surface area (TPSA) is 118 Å². The quantitative estimate of drug-likeness (QED) is 0.395. The first-order valence-electron chi connectivity index (χ1n) is 15.3. The highest BCUT2D eigenvalue weighted by atomic mass is 32.2. The minimum Gasteiger partial charge on any atom is -0.477 e. The lowest BCUT2D eigenvalue weighted by atomic mass is 9.83. The molecule has 1 aliphatic heterocycles. The Bertz CT molecular complexity index is 1440. The molecule has 43 heavy (non-hydrogen) atoms. The molecule has 2 saturated carbocycles. The van der Waals surface area contributed by atoms with Gasteiger partial charge in [0.2, 0.25) is 0 Å². The molecule has 0 radical (unpaired) electrons. The number of benzene rings is 1. The highest BCUT2D eigenvalue weighted by Crippen LogP contribution is 2.45.